The summed E-state index contributed by atoms with van der Waals surface area (Å²) in [5, 5.41) is 3.52. The Balaban J connectivity index is 1.91. The van der Waals surface area contributed by atoms with Crippen molar-refractivity contribution in [2.45, 2.75) is 31.3 Å². The number of hydrogen-bond donors (Lipinski definition) is 2. The Labute approximate surface area is 94.5 Å². The number of nitrogens with zero attached hydrogens (tertiary/aromatic N) is 2. The lowest BCUT2D eigenvalue weighted by atomic mass is 10.2. The zero-order valence-corrected chi connectivity index (χ0v) is 9.13. The first kappa shape index (κ1) is 9.66. The molecule has 84 valence electrons. The number of imidazole rings is 1. The van der Waals surface area contributed by atoms with Gasteiger partial charge in [0.05, 0.1) is 0 Å². The number of aromatic nitrogens is 2. The first-order valence-electron chi connectivity index (χ1n) is 5.79. The van der Waals surface area contributed by atoms with Crippen LogP contribution < -0.4 is 11.1 Å². The summed E-state index contributed by atoms with van der Waals surface area (Å²) in [7, 11) is 0. The number of nitrogens with two attached hydrogens (primary N) is 1. The van der Waals surface area contributed by atoms with E-state index in [1.807, 2.05) is 24.5 Å². The highest BCUT2D eigenvalue weighted by atomic mass is 15.1. The molecule has 0 aliphatic heterocycles. The summed E-state index contributed by atoms with van der Waals surface area (Å²) in [5.41, 5.74) is 7.03. The highest BCUT2D eigenvalue weighted by Crippen LogP contribution is 2.22. The molecular formula is C12H16N4. The van der Waals surface area contributed by atoms with E-state index in [0.717, 1.165) is 24.3 Å². The van der Waals surface area contributed by atoms with Gasteiger partial charge < -0.3 is 11.1 Å². The quantitative estimate of drug-likeness (QED) is 0.802. The Morgan fingerprint density at radius 2 is 2.31 bits per heavy atom. The van der Waals surface area contributed by atoms with Crippen LogP contribution in [0.2, 0.25) is 0 Å². The predicted molar refractivity (Wildman–Crippen MR) is 64.4 cm³/mol. The monoisotopic (exact) mass is 216 g/mol. The molecule has 2 heterocycles. The first-order valence-corrected chi connectivity index (χ1v) is 5.79. The second-order valence-corrected chi connectivity index (χ2v) is 4.41. The van der Waals surface area contributed by atoms with Gasteiger partial charge in [-0.3, -0.25) is 4.40 Å². The molecule has 0 bridgehead atoms. The maximum atomic E-state index is 6.06. The van der Waals surface area contributed by atoms with Gasteiger partial charge in [0.2, 0.25) is 0 Å². The third-order valence-corrected chi connectivity index (χ3v) is 3.33. The summed E-state index contributed by atoms with van der Waals surface area (Å²) < 4.78 is 2.06. The second kappa shape index (κ2) is 3.79. The molecule has 0 saturated heterocycles. The average Bonchev–Trinajstić information content (AvgIpc) is 2.89. The Morgan fingerprint density at radius 1 is 1.38 bits per heavy atom. The number of nitrogens with one attached hydrogen (secondary N) is 1. The average molecular weight is 216 g/mol. The molecule has 2 unspecified atom stereocenters. The van der Waals surface area contributed by atoms with Gasteiger partial charge >= 0.3 is 0 Å². The van der Waals surface area contributed by atoms with Crippen LogP contribution in [0.25, 0.3) is 5.65 Å². The van der Waals surface area contributed by atoms with E-state index < -0.39 is 0 Å². The maximum absolute atomic E-state index is 6.06. The van der Waals surface area contributed by atoms with E-state index in [1.54, 1.807) is 0 Å². The fourth-order valence-corrected chi connectivity index (χ4v) is 2.42. The van der Waals surface area contributed by atoms with E-state index >= 15 is 0 Å². The largest absolute Gasteiger partial charge is 0.367 e. The summed E-state index contributed by atoms with van der Waals surface area (Å²) in [6.45, 7) is 0. The minimum atomic E-state index is 0.277. The van der Waals surface area contributed by atoms with Crippen molar-refractivity contribution in [1.82, 2.24) is 9.38 Å². The highest BCUT2D eigenvalue weighted by molar-refractivity contribution is 5.50. The Morgan fingerprint density at radius 3 is 3.12 bits per heavy atom. The van der Waals surface area contributed by atoms with Crippen molar-refractivity contribution in [3.63, 3.8) is 0 Å². The van der Waals surface area contributed by atoms with Gasteiger partial charge in [-0.15, -0.1) is 0 Å². The standard InChI is InChI=1S/C12H16N4/c13-9-3-1-4-10(9)15-12-6-2-5-11-14-7-8-16(11)12/h2,5-10,15H,1,3-4,13H2. The molecule has 1 fully saturated rings. The Bertz CT molecular complexity index is 490. The molecule has 0 radical (unpaired) electrons. The molecule has 1 aliphatic carbocycles. The smallest absolute Gasteiger partial charge is 0.138 e. The lowest BCUT2D eigenvalue weighted by molar-refractivity contribution is 0.634. The van der Waals surface area contributed by atoms with Gasteiger partial charge in [0.25, 0.3) is 0 Å². The van der Waals surface area contributed by atoms with Gasteiger partial charge in [-0.1, -0.05) is 6.07 Å². The highest BCUT2D eigenvalue weighted by Gasteiger charge is 2.23. The lowest BCUT2D eigenvalue weighted by Crippen LogP contribution is -2.35. The van der Waals surface area contributed by atoms with E-state index in [-0.39, 0.29) is 6.04 Å². The second-order valence-electron chi connectivity index (χ2n) is 4.41. The van der Waals surface area contributed by atoms with Gasteiger partial charge in [-0.2, -0.15) is 0 Å². The van der Waals surface area contributed by atoms with Crippen LogP contribution in [-0.4, -0.2) is 21.5 Å². The van der Waals surface area contributed by atoms with Gasteiger partial charge in [0, 0.05) is 24.5 Å². The molecule has 2 aromatic heterocycles. The van der Waals surface area contributed by atoms with Crippen molar-refractivity contribution in [1.29, 1.82) is 0 Å². The molecule has 4 nitrogen and oxygen atoms in total. The van der Waals surface area contributed by atoms with Crippen LogP contribution in [0, 0.1) is 0 Å². The summed E-state index contributed by atoms with van der Waals surface area (Å²) >= 11 is 0. The van der Waals surface area contributed by atoms with E-state index in [9.17, 15) is 0 Å². The van der Waals surface area contributed by atoms with Crippen molar-refractivity contribution >= 4 is 11.5 Å². The van der Waals surface area contributed by atoms with Gasteiger partial charge in [0.15, 0.2) is 0 Å². The van der Waals surface area contributed by atoms with Crippen molar-refractivity contribution in [2.75, 3.05) is 5.32 Å². The van der Waals surface area contributed by atoms with Crippen molar-refractivity contribution in [2.24, 2.45) is 5.73 Å². The fourth-order valence-electron chi connectivity index (χ4n) is 2.42. The number of fused-ring (bicyclic) bond motifs is 1. The Hall–Kier alpha value is -1.55. The fraction of sp³-hybridized carbons (Fsp3) is 0.417. The summed E-state index contributed by atoms with van der Waals surface area (Å²) in [6.07, 6.45) is 7.29. The van der Waals surface area contributed by atoms with E-state index in [0.29, 0.717) is 6.04 Å². The number of hydrogen-bond acceptors (Lipinski definition) is 3. The van der Waals surface area contributed by atoms with E-state index in [4.69, 9.17) is 5.73 Å². The summed E-state index contributed by atoms with van der Waals surface area (Å²) in [4.78, 5) is 4.26. The molecule has 1 saturated carbocycles. The van der Waals surface area contributed by atoms with Crippen LogP contribution in [0.1, 0.15) is 19.3 Å². The number of pyridine rings is 1. The summed E-state index contributed by atoms with van der Waals surface area (Å²) in [5.74, 6) is 1.08. The molecule has 16 heavy (non-hydrogen) atoms. The molecule has 0 aromatic carbocycles. The third kappa shape index (κ3) is 1.55. The number of anilines is 1. The SMILES string of the molecule is NC1CCCC1Nc1cccc2nccn12. The molecule has 0 spiro atoms. The Kier molecular flexibility index (Phi) is 2.29. The predicted octanol–water partition coefficient (Wildman–Crippen LogP) is 1.63. The normalized spacial score (nSPS) is 25.1. The van der Waals surface area contributed by atoms with Crippen molar-refractivity contribution in [3.8, 4) is 0 Å². The van der Waals surface area contributed by atoms with E-state index in [2.05, 4.69) is 20.8 Å². The molecule has 2 atom stereocenters. The van der Waals surface area contributed by atoms with Crippen LogP contribution in [0.15, 0.2) is 30.6 Å². The lowest BCUT2D eigenvalue weighted by Gasteiger charge is -2.19. The molecule has 3 rings (SSSR count). The zero-order valence-electron chi connectivity index (χ0n) is 9.13. The van der Waals surface area contributed by atoms with Crippen LogP contribution in [0.3, 0.4) is 0 Å². The zero-order chi connectivity index (χ0) is 11.0. The van der Waals surface area contributed by atoms with Crippen molar-refractivity contribution < 1.29 is 0 Å². The van der Waals surface area contributed by atoms with E-state index in [1.165, 1.54) is 6.42 Å². The topological polar surface area (TPSA) is 55.3 Å². The minimum Gasteiger partial charge on any atom is -0.367 e. The van der Waals surface area contributed by atoms with Crippen LogP contribution in [0.4, 0.5) is 5.82 Å². The molecule has 1 aliphatic rings. The maximum Gasteiger partial charge on any atom is 0.138 e. The molecule has 4 heteroatoms. The third-order valence-electron chi connectivity index (χ3n) is 3.33. The molecule has 2 aromatic rings. The molecular weight excluding hydrogens is 200 g/mol. The molecule has 0 amide bonds. The van der Waals surface area contributed by atoms with Gasteiger partial charge in [-0.25, -0.2) is 4.98 Å². The van der Waals surface area contributed by atoms with Gasteiger partial charge in [-0.05, 0) is 31.4 Å². The van der Waals surface area contributed by atoms with Gasteiger partial charge in [0.1, 0.15) is 11.5 Å². The van der Waals surface area contributed by atoms with Crippen LogP contribution >= 0.6 is 0 Å². The van der Waals surface area contributed by atoms with Crippen LogP contribution in [-0.2, 0) is 0 Å². The molecule has 3 N–H and O–H groups in total. The van der Waals surface area contributed by atoms with Crippen molar-refractivity contribution in [3.05, 3.63) is 30.6 Å². The summed E-state index contributed by atoms with van der Waals surface area (Å²) in [6, 6.07) is 6.76. The first-order chi connectivity index (χ1) is 7.84. The minimum absolute atomic E-state index is 0.277. The number of rotatable bonds is 2. The van der Waals surface area contributed by atoms with Crippen LogP contribution in [0.5, 0.6) is 0 Å².